The van der Waals surface area contributed by atoms with Gasteiger partial charge in [-0.3, -0.25) is 4.79 Å². The Bertz CT molecular complexity index is 1140. The van der Waals surface area contributed by atoms with Gasteiger partial charge in [-0.1, -0.05) is 12.0 Å². The minimum absolute atomic E-state index is 0.287. The Morgan fingerprint density at radius 2 is 1.81 bits per heavy atom. The molecular formula is C23H19N5O3. The highest BCUT2D eigenvalue weighted by Gasteiger charge is 2.53. The van der Waals surface area contributed by atoms with Gasteiger partial charge in [0.1, 0.15) is 5.54 Å². The van der Waals surface area contributed by atoms with E-state index in [9.17, 15) is 14.4 Å². The number of likely N-dealkylation sites (tertiary alicyclic amines) is 1. The number of amides is 5. The van der Waals surface area contributed by atoms with Crippen molar-refractivity contribution in [1.82, 2.24) is 10.2 Å². The third kappa shape index (κ3) is 3.67. The van der Waals surface area contributed by atoms with Gasteiger partial charge in [-0.25, -0.2) is 14.5 Å². The maximum atomic E-state index is 13.1. The van der Waals surface area contributed by atoms with Crippen LogP contribution in [-0.2, 0) is 4.79 Å². The number of nitrogens with one attached hydrogen (secondary N) is 2. The Morgan fingerprint density at radius 3 is 2.45 bits per heavy atom. The van der Waals surface area contributed by atoms with Crippen LogP contribution in [0.4, 0.5) is 21.0 Å². The van der Waals surface area contributed by atoms with E-state index >= 15 is 0 Å². The molecule has 0 atom stereocenters. The summed E-state index contributed by atoms with van der Waals surface area (Å²) < 4.78 is 0. The summed E-state index contributed by atoms with van der Waals surface area (Å²) in [6, 6.07) is 14.5. The first kappa shape index (κ1) is 20.0. The number of hydrogen-bond donors (Lipinski definition) is 2. The number of anilines is 2. The summed E-state index contributed by atoms with van der Waals surface area (Å²) in [7, 11) is 0. The van der Waals surface area contributed by atoms with Gasteiger partial charge in [0.05, 0.1) is 17.3 Å². The first-order chi connectivity index (χ1) is 15.0. The Kier molecular flexibility index (Phi) is 5.06. The topological polar surface area (TPSA) is 106 Å². The van der Waals surface area contributed by atoms with E-state index in [1.165, 1.54) is 0 Å². The van der Waals surface area contributed by atoms with Gasteiger partial charge in [-0.2, -0.15) is 5.26 Å². The standard InChI is InChI=1S/C23H19N5O3/c1-2-16-4-3-5-18(14-16)25-21(30)27-12-10-23(11-13-27)20(29)28(22(31)26-23)19-8-6-17(15-24)7-9-19/h1,3-9,14H,10-13H2,(H,25,30)(H,26,31). The fourth-order valence-corrected chi connectivity index (χ4v) is 3.86. The van der Waals surface area contributed by atoms with E-state index in [-0.39, 0.29) is 11.9 Å². The van der Waals surface area contributed by atoms with Crippen LogP contribution in [0, 0.1) is 23.7 Å². The number of hydrogen-bond acceptors (Lipinski definition) is 4. The molecule has 2 fully saturated rings. The fraction of sp³-hybridized carbons (Fsp3) is 0.217. The molecule has 0 saturated carbocycles. The van der Waals surface area contributed by atoms with E-state index in [0.717, 1.165) is 4.90 Å². The average Bonchev–Trinajstić information content (AvgIpc) is 3.03. The van der Waals surface area contributed by atoms with Gasteiger partial charge in [0.25, 0.3) is 5.91 Å². The summed E-state index contributed by atoms with van der Waals surface area (Å²) in [5.74, 6) is 2.18. The predicted octanol–water partition coefficient (Wildman–Crippen LogP) is 2.66. The molecule has 5 amide bonds. The van der Waals surface area contributed by atoms with Crippen LogP contribution in [0.25, 0.3) is 0 Å². The quantitative estimate of drug-likeness (QED) is 0.583. The molecule has 0 unspecified atom stereocenters. The van der Waals surface area contributed by atoms with Crippen LogP contribution in [0.5, 0.6) is 0 Å². The number of benzene rings is 2. The normalized spacial score (nSPS) is 17.1. The largest absolute Gasteiger partial charge is 0.329 e. The smallest absolute Gasteiger partial charge is 0.324 e. The number of imide groups is 1. The lowest BCUT2D eigenvalue weighted by atomic mass is 9.87. The highest BCUT2D eigenvalue weighted by molar-refractivity contribution is 6.23. The number of nitriles is 1. The van der Waals surface area contributed by atoms with Crippen molar-refractivity contribution < 1.29 is 14.4 Å². The second-order valence-electron chi connectivity index (χ2n) is 7.45. The molecule has 2 heterocycles. The molecule has 31 heavy (non-hydrogen) atoms. The van der Waals surface area contributed by atoms with Crippen molar-refractivity contribution in [2.45, 2.75) is 18.4 Å². The van der Waals surface area contributed by atoms with Crippen molar-refractivity contribution in [3.05, 3.63) is 59.7 Å². The van der Waals surface area contributed by atoms with Gasteiger partial charge in [0, 0.05) is 24.3 Å². The lowest BCUT2D eigenvalue weighted by Crippen LogP contribution is -2.56. The van der Waals surface area contributed by atoms with Crippen LogP contribution in [0.15, 0.2) is 48.5 Å². The lowest BCUT2D eigenvalue weighted by Gasteiger charge is -2.37. The van der Waals surface area contributed by atoms with E-state index in [0.29, 0.717) is 48.4 Å². The molecule has 4 rings (SSSR count). The molecule has 154 valence electrons. The second kappa shape index (κ2) is 7.85. The summed E-state index contributed by atoms with van der Waals surface area (Å²) in [5, 5.41) is 14.6. The minimum Gasteiger partial charge on any atom is -0.324 e. The third-order valence-corrected chi connectivity index (χ3v) is 5.60. The van der Waals surface area contributed by atoms with Gasteiger partial charge < -0.3 is 15.5 Å². The van der Waals surface area contributed by atoms with Crippen LogP contribution in [0.1, 0.15) is 24.0 Å². The summed E-state index contributed by atoms with van der Waals surface area (Å²) in [5.41, 5.74) is 1.07. The lowest BCUT2D eigenvalue weighted by molar-refractivity contribution is -0.123. The summed E-state index contributed by atoms with van der Waals surface area (Å²) in [4.78, 5) is 41.0. The van der Waals surface area contributed by atoms with Gasteiger partial charge in [0.15, 0.2) is 0 Å². The van der Waals surface area contributed by atoms with Crippen LogP contribution in [0.3, 0.4) is 0 Å². The van der Waals surface area contributed by atoms with Crippen molar-refractivity contribution in [3.63, 3.8) is 0 Å². The zero-order valence-corrected chi connectivity index (χ0v) is 16.6. The number of piperidine rings is 1. The molecule has 2 saturated heterocycles. The Labute approximate surface area is 179 Å². The molecule has 8 heteroatoms. The maximum absolute atomic E-state index is 13.1. The highest BCUT2D eigenvalue weighted by Crippen LogP contribution is 2.32. The van der Waals surface area contributed by atoms with Crippen LogP contribution in [-0.4, -0.2) is 41.5 Å². The molecule has 2 N–H and O–H groups in total. The van der Waals surface area contributed by atoms with E-state index in [1.54, 1.807) is 53.4 Å². The Hall–Kier alpha value is -4.30. The summed E-state index contributed by atoms with van der Waals surface area (Å²) in [6.07, 6.45) is 6.01. The SMILES string of the molecule is C#Cc1cccc(NC(=O)N2CCC3(CC2)NC(=O)N(c2ccc(C#N)cc2)C3=O)c1. The molecule has 0 aliphatic carbocycles. The van der Waals surface area contributed by atoms with Crippen LogP contribution >= 0.6 is 0 Å². The van der Waals surface area contributed by atoms with Gasteiger partial charge in [-0.05, 0) is 55.3 Å². The van der Waals surface area contributed by atoms with E-state index in [4.69, 9.17) is 11.7 Å². The van der Waals surface area contributed by atoms with Gasteiger partial charge in [-0.15, -0.1) is 6.42 Å². The molecule has 2 aromatic carbocycles. The van der Waals surface area contributed by atoms with Crippen LogP contribution in [0.2, 0.25) is 0 Å². The second-order valence-corrected chi connectivity index (χ2v) is 7.45. The predicted molar refractivity (Wildman–Crippen MR) is 114 cm³/mol. The average molecular weight is 413 g/mol. The van der Waals surface area contributed by atoms with E-state index in [2.05, 4.69) is 16.6 Å². The number of rotatable bonds is 2. The first-order valence-corrected chi connectivity index (χ1v) is 9.75. The van der Waals surface area contributed by atoms with Gasteiger partial charge >= 0.3 is 12.1 Å². The van der Waals surface area contributed by atoms with Crippen molar-refractivity contribution in [2.24, 2.45) is 0 Å². The van der Waals surface area contributed by atoms with Crippen molar-refractivity contribution in [2.75, 3.05) is 23.3 Å². The van der Waals surface area contributed by atoms with E-state index in [1.807, 2.05) is 6.07 Å². The number of carbonyl (C=O) groups excluding carboxylic acids is 3. The molecular weight excluding hydrogens is 394 g/mol. The molecule has 8 nitrogen and oxygen atoms in total. The van der Waals surface area contributed by atoms with Crippen molar-refractivity contribution in [1.29, 1.82) is 5.26 Å². The van der Waals surface area contributed by atoms with E-state index < -0.39 is 11.6 Å². The molecule has 1 spiro atoms. The van der Waals surface area contributed by atoms with Crippen LogP contribution < -0.4 is 15.5 Å². The molecule has 0 bridgehead atoms. The Balaban J connectivity index is 1.43. The minimum atomic E-state index is -1.04. The number of nitrogens with zero attached hydrogens (tertiary/aromatic N) is 3. The van der Waals surface area contributed by atoms with Crippen molar-refractivity contribution >= 4 is 29.3 Å². The monoisotopic (exact) mass is 413 g/mol. The van der Waals surface area contributed by atoms with Gasteiger partial charge in [0.2, 0.25) is 0 Å². The zero-order chi connectivity index (χ0) is 22.0. The molecule has 0 aromatic heterocycles. The summed E-state index contributed by atoms with van der Waals surface area (Å²) in [6.45, 7) is 0.627. The number of urea groups is 2. The molecule has 0 radical (unpaired) electrons. The molecule has 2 aromatic rings. The maximum Gasteiger partial charge on any atom is 0.329 e. The highest BCUT2D eigenvalue weighted by atomic mass is 16.2. The number of terminal acetylenes is 1. The molecule has 2 aliphatic heterocycles. The zero-order valence-electron chi connectivity index (χ0n) is 16.6. The van der Waals surface area contributed by atoms with Crippen molar-refractivity contribution in [3.8, 4) is 18.4 Å². The Morgan fingerprint density at radius 1 is 1.10 bits per heavy atom. The molecule has 2 aliphatic rings. The first-order valence-electron chi connectivity index (χ1n) is 9.75. The number of carbonyl (C=O) groups is 3. The third-order valence-electron chi connectivity index (χ3n) is 5.60. The fourth-order valence-electron chi connectivity index (χ4n) is 3.86. The summed E-state index contributed by atoms with van der Waals surface area (Å²) >= 11 is 0.